The van der Waals surface area contributed by atoms with E-state index in [1.165, 1.54) is 10.9 Å². The summed E-state index contributed by atoms with van der Waals surface area (Å²) in [6.07, 6.45) is 0.488. The zero-order valence-electron chi connectivity index (χ0n) is 15.8. The molecule has 6 nitrogen and oxygen atoms in total. The number of esters is 1. The molecule has 0 spiro atoms. The first kappa shape index (κ1) is 19.0. The predicted molar refractivity (Wildman–Crippen MR) is 105 cm³/mol. The molecule has 0 saturated heterocycles. The molecule has 0 amide bonds. The third-order valence-electron chi connectivity index (χ3n) is 4.64. The lowest BCUT2D eigenvalue weighted by molar-refractivity contribution is 0.0323. The second kappa shape index (κ2) is 7.08. The largest absolute Gasteiger partial charge is 0.450 e. The van der Waals surface area contributed by atoms with Gasteiger partial charge in [-0.25, -0.2) is 9.78 Å². The molecular weight excluding hydrogens is 364 g/mol. The second-order valence-electron chi connectivity index (χ2n) is 6.61. The molecule has 0 saturated carbocycles. The Hall–Kier alpha value is -2.80. The molecule has 1 atom stereocenters. The van der Waals surface area contributed by atoms with Crippen LogP contribution in [0.5, 0.6) is 0 Å². The van der Waals surface area contributed by atoms with Crippen molar-refractivity contribution in [3.05, 3.63) is 62.0 Å². The van der Waals surface area contributed by atoms with Crippen LogP contribution in [0.4, 0.5) is 0 Å². The molecule has 0 N–H and O–H groups in total. The first-order chi connectivity index (χ1) is 12.7. The monoisotopic (exact) mass is 384 g/mol. The maximum absolute atomic E-state index is 12.6. The number of hydrogen-bond donors (Lipinski definition) is 0. The summed E-state index contributed by atoms with van der Waals surface area (Å²) in [5.41, 5.74) is 2.90. The van der Waals surface area contributed by atoms with E-state index < -0.39 is 12.1 Å². The van der Waals surface area contributed by atoms with E-state index in [-0.39, 0.29) is 11.3 Å². The Morgan fingerprint density at radius 3 is 2.56 bits per heavy atom. The van der Waals surface area contributed by atoms with Crippen molar-refractivity contribution >= 4 is 33.3 Å². The van der Waals surface area contributed by atoms with Gasteiger partial charge in [-0.05, 0) is 50.5 Å². The van der Waals surface area contributed by atoms with Crippen LogP contribution in [0.25, 0.3) is 10.2 Å². The summed E-state index contributed by atoms with van der Waals surface area (Å²) in [4.78, 5) is 42.4. The SMILES string of the molecule is Cc1ccc(C(=O)C(C)OC(=O)c2sc3ncn(C)c(=O)c3c2C)cc1C. The number of ketones is 1. The second-order valence-corrected chi connectivity index (χ2v) is 7.61. The highest BCUT2D eigenvalue weighted by atomic mass is 32.1. The van der Waals surface area contributed by atoms with Gasteiger partial charge in [-0.2, -0.15) is 0 Å². The average molecular weight is 384 g/mol. The quantitative estimate of drug-likeness (QED) is 0.509. The average Bonchev–Trinajstić information content (AvgIpc) is 2.97. The Kier molecular flexibility index (Phi) is 4.97. The number of carbonyl (C=O) groups excluding carboxylic acids is 2. The topological polar surface area (TPSA) is 78.3 Å². The summed E-state index contributed by atoms with van der Waals surface area (Å²) in [6, 6.07) is 5.39. The summed E-state index contributed by atoms with van der Waals surface area (Å²) in [5.74, 6) is -0.888. The van der Waals surface area contributed by atoms with E-state index in [1.54, 1.807) is 33.0 Å². The molecule has 0 aliphatic carbocycles. The normalized spacial score (nSPS) is 12.2. The Bertz CT molecular complexity index is 1130. The number of ether oxygens (including phenoxy) is 1. The van der Waals surface area contributed by atoms with E-state index in [0.29, 0.717) is 26.2 Å². The maximum atomic E-state index is 12.6. The molecule has 27 heavy (non-hydrogen) atoms. The van der Waals surface area contributed by atoms with Crippen molar-refractivity contribution < 1.29 is 14.3 Å². The summed E-state index contributed by atoms with van der Waals surface area (Å²) in [6.45, 7) is 7.14. The molecule has 0 bridgehead atoms. The highest BCUT2D eigenvalue weighted by molar-refractivity contribution is 7.20. The number of benzene rings is 1. The van der Waals surface area contributed by atoms with Gasteiger partial charge >= 0.3 is 5.97 Å². The van der Waals surface area contributed by atoms with Gasteiger partial charge in [0.15, 0.2) is 6.10 Å². The van der Waals surface area contributed by atoms with Crippen molar-refractivity contribution in [1.82, 2.24) is 9.55 Å². The highest BCUT2D eigenvalue weighted by Crippen LogP contribution is 2.28. The number of rotatable bonds is 4. The maximum Gasteiger partial charge on any atom is 0.349 e. The molecule has 7 heteroatoms. The zero-order chi connectivity index (χ0) is 19.9. The van der Waals surface area contributed by atoms with Crippen molar-refractivity contribution in [2.45, 2.75) is 33.8 Å². The van der Waals surface area contributed by atoms with Gasteiger partial charge in [-0.1, -0.05) is 12.1 Å². The number of aryl methyl sites for hydroxylation is 4. The van der Waals surface area contributed by atoms with Crippen LogP contribution in [0.2, 0.25) is 0 Å². The summed E-state index contributed by atoms with van der Waals surface area (Å²) in [7, 11) is 1.61. The number of fused-ring (bicyclic) bond motifs is 1. The molecule has 3 aromatic rings. The number of hydrogen-bond acceptors (Lipinski definition) is 6. The van der Waals surface area contributed by atoms with Crippen LogP contribution < -0.4 is 5.56 Å². The molecule has 1 aromatic carbocycles. The molecule has 1 unspecified atom stereocenters. The van der Waals surface area contributed by atoms with Crippen LogP contribution in [0.15, 0.2) is 29.3 Å². The van der Waals surface area contributed by atoms with Crippen LogP contribution in [0.1, 0.15) is 43.6 Å². The summed E-state index contributed by atoms with van der Waals surface area (Å²) in [5, 5.41) is 0.407. The molecule has 140 valence electrons. The molecule has 3 rings (SSSR count). The summed E-state index contributed by atoms with van der Waals surface area (Å²) < 4.78 is 6.75. The van der Waals surface area contributed by atoms with Gasteiger partial charge in [-0.3, -0.25) is 9.59 Å². The van der Waals surface area contributed by atoms with Gasteiger partial charge in [0.2, 0.25) is 5.78 Å². The molecule has 0 aliphatic rings. The Morgan fingerprint density at radius 1 is 1.19 bits per heavy atom. The Morgan fingerprint density at radius 2 is 1.89 bits per heavy atom. The van der Waals surface area contributed by atoms with Crippen molar-refractivity contribution in [3.63, 3.8) is 0 Å². The molecule has 0 fully saturated rings. The fourth-order valence-corrected chi connectivity index (χ4v) is 3.82. The van der Waals surface area contributed by atoms with E-state index in [1.807, 2.05) is 19.9 Å². The van der Waals surface area contributed by atoms with Gasteiger partial charge in [0.25, 0.3) is 5.56 Å². The predicted octanol–water partition coefficient (Wildman–Crippen LogP) is 3.35. The fraction of sp³-hybridized carbons (Fsp3) is 0.300. The smallest absolute Gasteiger partial charge is 0.349 e. The third kappa shape index (κ3) is 3.42. The van der Waals surface area contributed by atoms with E-state index in [4.69, 9.17) is 4.74 Å². The van der Waals surface area contributed by atoms with Crippen LogP contribution >= 0.6 is 11.3 Å². The minimum absolute atomic E-state index is 0.216. The number of aromatic nitrogens is 2. The minimum Gasteiger partial charge on any atom is -0.450 e. The Labute approximate surface area is 160 Å². The van der Waals surface area contributed by atoms with Gasteiger partial charge in [-0.15, -0.1) is 11.3 Å². The van der Waals surface area contributed by atoms with E-state index in [0.717, 1.165) is 22.5 Å². The zero-order valence-corrected chi connectivity index (χ0v) is 16.6. The van der Waals surface area contributed by atoms with Gasteiger partial charge < -0.3 is 9.30 Å². The van der Waals surface area contributed by atoms with Crippen LogP contribution in [0.3, 0.4) is 0 Å². The van der Waals surface area contributed by atoms with Crippen LogP contribution in [-0.2, 0) is 11.8 Å². The molecule has 2 heterocycles. The lowest BCUT2D eigenvalue weighted by Crippen LogP contribution is -2.24. The third-order valence-corrected chi connectivity index (χ3v) is 5.82. The first-order valence-electron chi connectivity index (χ1n) is 8.48. The number of carbonyl (C=O) groups is 2. The highest BCUT2D eigenvalue weighted by Gasteiger charge is 2.25. The van der Waals surface area contributed by atoms with E-state index in [2.05, 4.69) is 4.98 Å². The van der Waals surface area contributed by atoms with Crippen molar-refractivity contribution in [2.75, 3.05) is 0 Å². The Balaban J connectivity index is 1.86. The van der Waals surface area contributed by atoms with Crippen LogP contribution in [0, 0.1) is 20.8 Å². The van der Waals surface area contributed by atoms with E-state index in [9.17, 15) is 14.4 Å². The lowest BCUT2D eigenvalue weighted by atomic mass is 10.0. The van der Waals surface area contributed by atoms with Crippen molar-refractivity contribution in [3.8, 4) is 0 Å². The minimum atomic E-state index is -0.931. The molecule has 0 radical (unpaired) electrons. The number of Topliss-reactive ketones (excluding diaryl/α,β-unsaturated/α-hetero) is 1. The van der Waals surface area contributed by atoms with Crippen molar-refractivity contribution in [1.29, 1.82) is 0 Å². The van der Waals surface area contributed by atoms with Crippen LogP contribution in [-0.4, -0.2) is 27.4 Å². The fourth-order valence-electron chi connectivity index (χ4n) is 2.80. The lowest BCUT2D eigenvalue weighted by Gasteiger charge is -2.13. The standard InChI is InChI=1S/C20H20N2O4S/c1-10-6-7-14(8-11(10)2)16(23)13(4)26-20(25)17-12(3)15-18(27-17)21-9-22(5)19(15)24/h6-9,13H,1-5H3. The van der Waals surface area contributed by atoms with Gasteiger partial charge in [0.05, 0.1) is 11.7 Å². The first-order valence-corrected chi connectivity index (χ1v) is 9.29. The van der Waals surface area contributed by atoms with E-state index >= 15 is 0 Å². The molecule has 2 aromatic heterocycles. The van der Waals surface area contributed by atoms with Gasteiger partial charge in [0.1, 0.15) is 9.71 Å². The van der Waals surface area contributed by atoms with Crippen molar-refractivity contribution in [2.24, 2.45) is 7.05 Å². The number of thiophene rings is 1. The number of nitrogens with zero attached hydrogens (tertiary/aromatic N) is 2. The molecule has 0 aliphatic heterocycles. The summed E-state index contributed by atoms with van der Waals surface area (Å²) >= 11 is 1.10. The van der Waals surface area contributed by atoms with Gasteiger partial charge in [0, 0.05) is 12.6 Å². The molecular formula is C20H20N2O4S.